The zero-order valence-corrected chi connectivity index (χ0v) is 15.6. The second kappa shape index (κ2) is 6.77. The molecule has 2 aromatic carbocycles. The van der Waals surface area contributed by atoms with Crippen LogP contribution in [0.5, 0.6) is 0 Å². The number of aromatic carboxylic acids is 1. The molecule has 5 rings (SSSR count). The maximum atomic E-state index is 12.5. The van der Waals surface area contributed by atoms with E-state index in [1.54, 1.807) is 9.47 Å². The predicted octanol–water partition coefficient (Wildman–Crippen LogP) is 3.39. The quantitative estimate of drug-likeness (QED) is 0.739. The van der Waals surface area contributed by atoms with Crippen LogP contribution >= 0.6 is 0 Å². The average molecular weight is 389 g/mol. The molecule has 2 aliphatic rings. The number of likely N-dealkylation sites (tertiary alicyclic amines) is 1. The highest BCUT2D eigenvalue weighted by Gasteiger charge is 2.35. The largest absolute Gasteiger partial charge is 0.476 e. The van der Waals surface area contributed by atoms with Crippen LogP contribution in [-0.4, -0.2) is 51.3 Å². The summed E-state index contributed by atoms with van der Waals surface area (Å²) in [6.07, 6.45) is 2.63. The third kappa shape index (κ3) is 2.95. The number of amides is 1. The molecule has 1 aliphatic carbocycles. The smallest absolute Gasteiger partial charge is 0.409 e. The summed E-state index contributed by atoms with van der Waals surface area (Å²) in [7, 11) is 0. The number of carboxylic acid groups (broad SMARTS) is 1. The molecule has 0 radical (unpaired) electrons. The maximum absolute atomic E-state index is 12.5. The molecule has 7 heteroatoms. The predicted molar refractivity (Wildman–Crippen MR) is 105 cm³/mol. The molecule has 0 saturated carbocycles. The molecule has 29 heavy (non-hydrogen) atoms. The molecule has 0 bridgehead atoms. The number of carbonyl (C=O) groups excluding carboxylic acids is 1. The second-order valence-corrected chi connectivity index (χ2v) is 7.37. The van der Waals surface area contributed by atoms with Gasteiger partial charge >= 0.3 is 12.1 Å². The molecule has 146 valence electrons. The lowest BCUT2D eigenvalue weighted by Gasteiger charge is -2.38. The number of fused-ring (bicyclic) bond motifs is 3. The molecular weight excluding hydrogens is 370 g/mol. The van der Waals surface area contributed by atoms with Gasteiger partial charge in [-0.05, 0) is 22.3 Å². The highest BCUT2D eigenvalue weighted by molar-refractivity contribution is 5.85. The molecule has 3 aromatic rings. The Morgan fingerprint density at radius 3 is 2.24 bits per heavy atom. The minimum atomic E-state index is -1.06. The minimum Gasteiger partial charge on any atom is -0.476 e. The van der Waals surface area contributed by atoms with Gasteiger partial charge in [-0.3, -0.25) is 0 Å². The second-order valence-electron chi connectivity index (χ2n) is 7.37. The number of hydrogen-bond donors (Lipinski definition) is 1. The Kier molecular flexibility index (Phi) is 4.08. The Bertz CT molecular complexity index is 1060. The summed E-state index contributed by atoms with van der Waals surface area (Å²) < 4.78 is 7.37. The van der Waals surface area contributed by atoms with E-state index in [-0.39, 0.29) is 23.7 Å². The van der Waals surface area contributed by atoms with E-state index in [4.69, 9.17) is 9.84 Å². The summed E-state index contributed by atoms with van der Waals surface area (Å²) >= 11 is 0. The number of benzene rings is 2. The fourth-order valence-electron chi connectivity index (χ4n) is 4.13. The van der Waals surface area contributed by atoms with Gasteiger partial charge in [0, 0.05) is 25.2 Å². The van der Waals surface area contributed by atoms with Crippen LogP contribution < -0.4 is 0 Å². The van der Waals surface area contributed by atoms with Crippen molar-refractivity contribution in [3.8, 4) is 11.1 Å². The normalized spacial score (nSPS) is 15.5. The molecule has 1 amide bonds. The van der Waals surface area contributed by atoms with Gasteiger partial charge < -0.3 is 19.3 Å². The van der Waals surface area contributed by atoms with Gasteiger partial charge in [-0.1, -0.05) is 48.5 Å². The first-order valence-electron chi connectivity index (χ1n) is 9.48. The summed E-state index contributed by atoms with van der Waals surface area (Å²) in [5.41, 5.74) is 4.76. The number of nitrogens with zero attached hydrogens (tertiary/aromatic N) is 3. The van der Waals surface area contributed by atoms with Crippen LogP contribution in [-0.2, 0) is 4.74 Å². The lowest BCUT2D eigenvalue weighted by atomic mass is 9.98. The zero-order valence-electron chi connectivity index (χ0n) is 15.6. The van der Waals surface area contributed by atoms with Crippen LogP contribution in [0.15, 0.2) is 61.1 Å². The van der Waals surface area contributed by atoms with Gasteiger partial charge in [0.25, 0.3) is 0 Å². The number of rotatable bonds is 4. The van der Waals surface area contributed by atoms with E-state index in [0.29, 0.717) is 19.7 Å². The van der Waals surface area contributed by atoms with E-state index >= 15 is 0 Å². The van der Waals surface area contributed by atoms with E-state index in [1.807, 2.05) is 24.3 Å². The van der Waals surface area contributed by atoms with Crippen LogP contribution in [0.1, 0.15) is 33.6 Å². The standard InChI is InChI=1S/C22H19N3O4/c26-21(27)20-11-25(13-23-20)14-9-24(10-14)22(28)29-12-19-17-7-3-1-5-15(17)16-6-2-4-8-18(16)19/h1-8,11,13-14,19H,9-10,12H2,(H,26,27). The first kappa shape index (κ1) is 17.5. The van der Waals surface area contributed by atoms with Gasteiger partial charge in [-0.2, -0.15) is 0 Å². The number of carbonyl (C=O) groups is 2. The minimum absolute atomic E-state index is 0.00425. The molecule has 0 spiro atoms. The van der Waals surface area contributed by atoms with Gasteiger partial charge in [0.2, 0.25) is 0 Å². The molecule has 0 unspecified atom stereocenters. The van der Waals surface area contributed by atoms with Crippen molar-refractivity contribution < 1.29 is 19.4 Å². The van der Waals surface area contributed by atoms with Crippen molar-refractivity contribution in [1.82, 2.24) is 14.5 Å². The van der Waals surface area contributed by atoms with Crippen molar-refractivity contribution in [2.75, 3.05) is 19.7 Å². The highest BCUT2D eigenvalue weighted by Crippen LogP contribution is 2.44. The lowest BCUT2D eigenvalue weighted by Crippen LogP contribution is -2.50. The Hall–Kier alpha value is -3.61. The molecule has 7 nitrogen and oxygen atoms in total. The van der Waals surface area contributed by atoms with Gasteiger partial charge in [0.1, 0.15) is 6.61 Å². The van der Waals surface area contributed by atoms with E-state index in [9.17, 15) is 9.59 Å². The Morgan fingerprint density at radius 1 is 1.03 bits per heavy atom. The SMILES string of the molecule is O=C(O)c1cn(C2CN(C(=O)OCC3c4ccccc4-c4ccccc43)C2)cn1. The monoisotopic (exact) mass is 389 g/mol. The molecule has 1 fully saturated rings. The van der Waals surface area contributed by atoms with Gasteiger partial charge in [0.05, 0.1) is 12.4 Å². The first-order chi connectivity index (χ1) is 14.1. The third-order valence-electron chi connectivity index (χ3n) is 5.70. The van der Waals surface area contributed by atoms with Crippen molar-refractivity contribution in [2.24, 2.45) is 0 Å². The van der Waals surface area contributed by atoms with Crippen molar-refractivity contribution >= 4 is 12.1 Å². The van der Waals surface area contributed by atoms with Crippen molar-refractivity contribution in [1.29, 1.82) is 0 Å². The average Bonchev–Trinajstić information content (AvgIpc) is 3.29. The van der Waals surface area contributed by atoms with E-state index in [1.165, 1.54) is 34.8 Å². The van der Waals surface area contributed by atoms with Crippen LogP contribution in [0.25, 0.3) is 11.1 Å². The summed E-state index contributed by atoms with van der Waals surface area (Å²) in [5.74, 6) is -1.02. The van der Waals surface area contributed by atoms with Crippen LogP contribution in [0.3, 0.4) is 0 Å². The lowest BCUT2D eigenvalue weighted by molar-refractivity contribution is 0.0552. The molecular formula is C22H19N3O4. The third-order valence-corrected chi connectivity index (χ3v) is 5.70. The number of aromatic nitrogens is 2. The summed E-state index contributed by atoms with van der Waals surface area (Å²) in [4.78, 5) is 28.9. The zero-order chi connectivity index (χ0) is 20.0. The van der Waals surface area contributed by atoms with Gasteiger partial charge in [-0.25, -0.2) is 14.6 Å². The number of imidazole rings is 1. The highest BCUT2D eigenvalue weighted by atomic mass is 16.6. The molecule has 1 aliphatic heterocycles. The number of hydrogen-bond acceptors (Lipinski definition) is 4. The molecule has 2 heterocycles. The Balaban J connectivity index is 1.22. The summed E-state index contributed by atoms with van der Waals surface area (Å²) in [6, 6.07) is 16.5. The topological polar surface area (TPSA) is 84.7 Å². The molecule has 1 N–H and O–H groups in total. The summed E-state index contributed by atoms with van der Waals surface area (Å²) in [6.45, 7) is 1.25. The van der Waals surface area contributed by atoms with E-state index in [2.05, 4.69) is 29.2 Å². The van der Waals surface area contributed by atoms with Gasteiger partial charge in [-0.15, -0.1) is 0 Å². The fourth-order valence-corrected chi connectivity index (χ4v) is 4.13. The molecule has 0 atom stereocenters. The molecule has 1 saturated heterocycles. The maximum Gasteiger partial charge on any atom is 0.409 e. The number of ether oxygens (including phenoxy) is 1. The Morgan fingerprint density at radius 2 is 1.66 bits per heavy atom. The van der Waals surface area contributed by atoms with E-state index < -0.39 is 5.97 Å². The summed E-state index contributed by atoms with van der Waals surface area (Å²) in [5, 5.41) is 8.96. The Labute approximate surface area is 167 Å². The van der Waals surface area contributed by atoms with Gasteiger partial charge in [0.15, 0.2) is 5.69 Å². The van der Waals surface area contributed by atoms with Crippen molar-refractivity contribution in [2.45, 2.75) is 12.0 Å². The number of carboxylic acids is 1. The van der Waals surface area contributed by atoms with Crippen LogP contribution in [0, 0.1) is 0 Å². The van der Waals surface area contributed by atoms with E-state index in [0.717, 1.165) is 0 Å². The van der Waals surface area contributed by atoms with Crippen molar-refractivity contribution in [3.05, 3.63) is 77.9 Å². The van der Waals surface area contributed by atoms with Crippen LogP contribution in [0.2, 0.25) is 0 Å². The van der Waals surface area contributed by atoms with Crippen LogP contribution in [0.4, 0.5) is 4.79 Å². The fraction of sp³-hybridized carbons (Fsp3) is 0.227. The molecule has 1 aromatic heterocycles. The first-order valence-corrected chi connectivity index (χ1v) is 9.48. The van der Waals surface area contributed by atoms with Crippen molar-refractivity contribution in [3.63, 3.8) is 0 Å².